The summed E-state index contributed by atoms with van der Waals surface area (Å²) in [5.74, 6) is 0.767. The molecule has 0 N–H and O–H groups in total. The van der Waals surface area contributed by atoms with Crippen LogP contribution in [0.15, 0.2) is 40.9 Å². The molecule has 0 aliphatic carbocycles. The first-order chi connectivity index (χ1) is 14.5. The van der Waals surface area contributed by atoms with E-state index in [9.17, 15) is 4.79 Å². The summed E-state index contributed by atoms with van der Waals surface area (Å²) in [7, 11) is -0.268. The number of fused-ring (bicyclic) bond motifs is 1. The lowest BCUT2D eigenvalue weighted by Gasteiger charge is -2.36. The summed E-state index contributed by atoms with van der Waals surface area (Å²) in [5, 5.41) is 0.156. The fourth-order valence-corrected chi connectivity index (χ4v) is 4.36. The van der Waals surface area contributed by atoms with Crippen LogP contribution in [-0.4, -0.2) is 34.9 Å². The highest BCUT2D eigenvalue weighted by Gasteiger charge is 2.37. The third-order valence-corrected chi connectivity index (χ3v) is 11.0. The number of ether oxygens (including phenoxy) is 3. The van der Waals surface area contributed by atoms with Crippen molar-refractivity contribution in [1.82, 2.24) is 0 Å². The lowest BCUT2D eigenvalue weighted by Crippen LogP contribution is -2.40. The van der Waals surface area contributed by atoms with E-state index in [2.05, 4.69) is 49.8 Å². The van der Waals surface area contributed by atoms with E-state index in [1.807, 2.05) is 24.3 Å². The quantitative estimate of drug-likeness (QED) is 0.342. The van der Waals surface area contributed by atoms with Gasteiger partial charge in [-0.05, 0) is 63.9 Å². The van der Waals surface area contributed by atoms with Gasteiger partial charge in [0.15, 0.2) is 19.8 Å². The Kier molecular flexibility index (Phi) is 7.15. The molecule has 3 rings (SSSR count). The molecule has 0 unspecified atom stereocenters. The van der Waals surface area contributed by atoms with Crippen LogP contribution in [0.4, 0.5) is 5.69 Å². The minimum absolute atomic E-state index is 0.0965. The number of benzene rings is 2. The fourth-order valence-electron chi connectivity index (χ4n) is 2.91. The van der Waals surface area contributed by atoms with Crippen molar-refractivity contribution in [2.75, 3.05) is 25.5 Å². The van der Waals surface area contributed by atoms with E-state index in [0.717, 1.165) is 11.3 Å². The van der Waals surface area contributed by atoms with Crippen molar-refractivity contribution < 1.29 is 23.4 Å². The monoisotopic (exact) mass is 507 g/mol. The molecule has 0 aromatic heterocycles. The zero-order valence-corrected chi connectivity index (χ0v) is 21.5. The molecule has 1 amide bonds. The summed E-state index contributed by atoms with van der Waals surface area (Å²) in [6.45, 7) is 11.9. The van der Waals surface area contributed by atoms with Crippen molar-refractivity contribution in [3.63, 3.8) is 0 Å². The second-order valence-corrected chi connectivity index (χ2v) is 14.7. The Balaban J connectivity index is 1.81. The van der Waals surface area contributed by atoms with Crippen LogP contribution in [0.1, 0.15) is 36.7 Å². The van der Waals surface area contributed by atoms with Crippen molar-refractivity contribution in [3.8, 4) is 11.5 Å². The molecule has 1 heterocycles. The van der Waals surface area contributed by atoms with Gasteiger partial charge in [-0.25, -0.2) is 0 Å². The number of rotatable bonds is 7. The molecular weight excluding hydrogens is 478 g/mol. The van der Waals surface area contributed by atoms with Gasteiger partial charge < -0.3 is 18.6 Å². The highest BCUT2D eigenvalue weighted by atomic mass is 79.9. The first kappa shape index (κ1) is 23.8. The normalized spacial score (nSPS) is 13.4. The van der Waals surface area contributed by atoms with Crippen molar-refractivity contribution >= 4 is 35.8 Å². The number of anilines is 1. The summed E-state index contributed by atoms with van der Waals surface area (Å²) in [6, 6.07) is 11.4. The first-order valence-electron chi connectivity index (χ1n) is 10.2. The van der Waals surface area contributed by atoms with Gasteiger partial charge in [-0.3, -0.25) is 9.69 Å². The number of hydrogen-bond acceptors (Lipinski definition) is 5. The molecule has 0 saturated heterocycles. The second-order valence-electron chi connectivity index (χ2n) is 9.02. The molecule has 0 atom stereocenters. The van der Waals surface area contributed by atoms with Gasteiger partial charge in [0.1, 0.15) is 12.3 Å². The summed E-state index contributed by atoms with van der Waals surface area (Å²) in [6.07, 6.45) is 0. The van der Waals surface area contributed by atoms with E-state index >= 15 is 0 Å². The van der Waals surface area contributed by atoms with Gasteiger partial charge in [0, 0.05) is 17.3 Å². The maximum absolute atomic E-state index is 13.4. The molecule has 2 aromatic rings. The van der Waals surface area contributed by atoms with Crippen LogP contribution in [0.2, 0.25) is 18.1 Å². The van der Waals surface area contributed by atoms with Crippen LogP contribution in [0.5, 0.6) is 11.5 Å². The average molecular weight is 508 g/mol. The van der Waals surface area contributed by atoms with E-state index in [4.69, 9.17) is 18.6 Å². The van der Waals surface area contributed by atoms with Gasteiger partial charge in [0.25, 0.3) is 5.91 Å². The van der Waals surface area contributed by atoms with Crippen LogP contribution in [0, 0.1) is 0 Å². The maximum atomic E-state index is 13.4. The van der Waals surface area contributed by atoms with Crippen molar-refractivity contribution in [1.29, 1.82) is 0 Å². The van der Waals surface area contributed by atoms with Gasteiger partial charge in [0.05, 0.1) is 6.61 Å². The van der Waals surface area contributed by atoms with Crippen LogP contribution in [0.25, 0.3) is 0 Å². The lowest BCUT2D eigenvalue weighted by molar-refractivity contribution is 0.0931. The zero-order chi connectivity index (χ0) is 22.8. The number of amides is 1. The van der Waals surface area contributed by atoms with E-state index in [-0.39, 0.29) is 24.5 Å². The number of carbonyl (C=O) groups excluding carboxylic acids is 1. The maximum Gasteiger partial charge on any atom is 0.265 e. The topological polar surface area (TPSA) is 57.2 Å². The Hall–Kier alpha value is -1.87. The van der Waals surface area contributed by atoms with Crippen LogP contribution < -0.4 is 14.4 Å². The number of nitrogens with zero attached hydrogens (tertiary/aromatic N) is 1. The third kappa shape index (κ3) is 5.14. The summed E-state index contributed by atoms with van der Waals surface area (Å²) in [5.41, 5.74) is 2.21. The standard InChI is InChI=1S/C23H30BrNO5Si/c1-23(2,3)31(5,6)30-13-16-7-9-17(10-8-16)25(14-27-4)22(26)20-18(24)11-12-19-21(20)29-15-28-19/h7-12H,13-15H2,1-6H3. The largest absolute Gasteiger partial charge is 0.454 e. The lowest BCUT2D eigenvalue weighted by atomic mass is 10.1. The Morgan fingerprint density at radius 2 is 1.81 bits per heavy atom. The molecule has 0 saturated carbocycles. The third-order valence-electron chi connectivity index (χ3n) is 5.86. The smallest absolute Gasteiger partial charge is 0.265 e. The molecule has 1 aliphatic heterocycles. The Bertz CT molecular complexity index is 940. The Morgan fingerprint density at radius 1 is 1.13 bits per heavy atom. The van der Waals surface area contributed by atoms with E-state index < -0.39 is 8.32 Å². The average Bonchev–Trinajstić information content (AvgIpc) is 3.18. The van der Waals surface area contributed by atoms with Gasteiger partial charge in [-0.1, -0.05) is 32.9 Å². The number of halogens is 1. The van der Waals surface area contributed by atoms with Gasteiger partial charge >= 0.3 is 0 Å². The molecule has 0 radical (unpaired) electrons. The van der Waals surface area contributed by atoms with Crippen LogP contribution in [0.3, 0.4) is 0 Å². The molecule has 0 bridgehead atoms. The van der Waals surface area contributed by atoms with Crippen molar-refractivity contribution in [3.05, 3.63) is 52.0 Å². The van der Waals surface area contributed by atoms with Crippen LogP contribution >= 0.6 is 15.9 Å². The highest BCUT2D eigenvalue weighted by molar-refractivity contribution is 9.10. The van der Waals surface area contributed by atoms with Gasteiger partial charge in [-0.15, -0.1) is 0 Å². The Morgan fingerprint density at radius 3 is 2.42 bits per heavy atom. The van der Waals surface area contributed by atoms with Gasteiger partial charge in [-0.2, -0.15) is 0 Å². The molecule has 1 aliphatic rings. The molecule has 168 valence electrons. The number of hydrogen-bond donors (Lipinski definition) is 0. The minimum atomic E-state index is -1.83. The van der Waals surface area contributed by atoms with Crippen molar-refractivity contribution in [2.24, 2.45) is 0 Å². The molecule has 2 aromatic carbocycles. The van der Waals surface area contributed by atoms with Gasteiger partial charge in [0.2, 0.25) is 6.79 Å². The minimum Gasteiger partial charge on any atom is -0.454 e. The van der Waals surface area contributed by atoms with Crippen LogP contribution in [-0.2, 0) is 15.8 Å². The second kappa shape index (κ2) is 9.32. The molecule has 0 fully saturated rings. The summed E-state index contributed by atoms with van der Waals surface area (Å²) in [4.78, 5) is 15.0. The van der Waals surface area contributed by atoms with Crippen molar-refractivity contribution in [2.45, 2.75) is 45.5 Å². The van der Waals surface area contributed by atoms with E-state index in [1.54, 1.807) is 24.1 Å². The number of methoxy groups -OCH3 is 1. The SMILES string of the molecule is COCN(C(=O)c1c(Br)ccc2c1OCO2)c1ccc(CO[Si](C)(C)C(C)(C)C)cc1. The predicted molar refractivity (Wildman–Crippen MR) is 127 cm³/mol. The Labute approximate surface area is 193 Å². The highest BCUT2D eigenvalue weighted by Crippen LogP contribution is 2.41. The molecule has 31 heavy (non-hydrogen) atoms. The predicted octanol–water partition coefficient (Wildman–Crippen LogP) is 5.95. The fraction of sp³-hybridized carbons (Fsp3) is 0.435. The summed E-state index contributed by atoms with van der Waals surface area (Å²) < 4.78 is 23.2. The molecular formula is C23H30BrNO5Si. The first-order valence-corrected chi connectivity index (χ1v) is 13.9. The molecule has 8 heteroatoms. The van der Waals surface area contributed by atoms with E-state index in [1.165, 1.54) is 0 Å². The molecule has 6 nitrogen and oxygen atoms in total. The summed E-state index contributed by atoms with van der Waals surface area (Å²) >= 11 is 3.47. The van der Waals surface area contributed by atoms with E-state index in [0.29, 0.717) is 28.1 Å². The zero-order valence-electron chi connectivity index (χ0n) is 19.0. The number of carbonyl (C=O) groups is 1. The molecule has 0 spiro atoms.